The minimum atomic E-state index is -0.330. The van der Waals surface area contributed by atoms with E-state index in [1.807, 2.05) is 18.2 Å². The Morgan fingerprint density at radius 1 is 1.00 bits per heavy atom. The van der Waals surface area contributed by atoms with Crippen LogP contribution in [0, 0.1) is 5.82 Å². The van der Waals surface area contributed by atoms with Crippen molar-refractivity contribution in [3.05, 3.63) is 78.1 Å². The predicted octanol–water partition coefficient (Wildman–Crippen LogP) is 2.68. The van der Waals surface area contributed by atoms with E-state index in [1.54, 1.807) is 18.3 Å². The van der Waals surface area contributed by atoms with Crippen molar-refractivity contribution in [2.24, 2.45) is 0 Å². The lowest BCUT2D eigenvalue weighted by atomic mass is 10.3. The molecule has 0 fully saturated rings. The van der Waals surface area contributed by atoms with Gasteiger partial charge in [0.1, 0.15) is 11.5 Å². The Morgan fingerprint density at radius 3 is 2.58 bits per heavy atom. The van der Waals surface area contributed by atoms with Gasteiger partial charge in [-0.3, -0.25) is 9.78 Å². The molecule has 0 saturated heterocycles. The summed E-state index contributed by atoms with van der Waals surface area (Å²) >= 11 is 0. The lowest BCUT2D eigenvalue weighted by Crippen LogP contribution is -2.24. The van der Waals surface area contributed by atoms with Crippen molar-refractivity contribution in [1.82, 2.24) is 20.3 Å². The van der Waals surface area contributed by atoms with Crippen LogP contribution in [-0.2, 0) is 6.54 Å². The van der Waals surface area contributed by atoms with Gasteiger partial charge >= 0.3 is 0 Å². The lowest BCUT2D eigenvalue weighted by Gasteiger charge is -2.07. The number of anilines is 2. The fourth-order valence-electron chi connectivity index (χ4n) is 1.97. The molecule has 2 N–H and O–H groups in total. The minimum absolute atomic E-state index is 0.227. The Hall–Kier alpha value is -3.35. The number of hydrogen-bond acceptors (Lipinski definition) is 5. The van der Waals surface area contributed by atoms with Crippen LogP contribution in [-0.4, -0.2) is 20.9 Å². The molecule has 6 nitrogen and oxygen atoms in total. The average molecular weight is 323 g/mol. The number of hydrogen-bond donors (Lipinski definition) is 2. The van der Waals surface area contributed by atoms with Crippen LogP contribution in [0.5, 0.6) is 0 Å². The quantitative estimate of drug-likeness (QED) is 0.754. The molecule has 0 aliphatic rings. The number of amides is 1. The Morgan fingerprint density at radius 2 is 1.83 bits per heavy atom. The molecular formula is C17H14FN5O. The highest BCUT2D eigenvalue weighted by molar-refractivity contribution is 5.92. The van der Waals surface area contributed by atoms with Gasteiger partial charge in [0.2, 0.25) is 5.95 Å². The second-order valence-corrected chi connectivity index (χ2v) is 4.90. The molecule has 0 aliphatic carbocycles. The van der Waals surface area contributed by atoms with Crippen molar-refractivity contribution in [3.8, 4) is 0 Å². The SMILES string of the molecule is O=C(NCc1ccccn1)c1ccnc(Nc2ccc(F)cc2)n1. The molecule has 0 atom stereocenters. The van der Waals surface area contributed by atoms with Gasteiger partial charge in [-0.1, -0.05) is 6.07 Å². The normalized spacial score (nSPS) is 10.2. The molecule has 0 saturated carbocycles. The number of aromatic nitrogens is 3. The molecule has 120 valence electrons. The van der Waals surface area contributed by atoms with Crippen molar-refractivity contribution in [2.75, 3.05) is 5.32 Å². The summed E-state index contributed by atoms with van der Waals surface area (Å²) < 4.78 is 12.9. The van der Waals surface area contributed by atoms with Crippen molar-refractivity contribution < 1.29 is 9.18 Å². The number of carbonyl (C=O) groups excluding carboxylic acids is 1. The van der Waals surface area contributed by atoms with E-state index in [2.05, 4.69) is 25.6 Å². The van der Waals surface area contributed by atoms with Gasteiger partial charge in [-0.2, -0.15) is 0 Å². The van der Waals surface area contributed by atoms with Gasteiger partial charge in [0.15, 0.2) is 0 Å². The van der Waals surface area contributed by atoms with Crippen LogP contribution in [0.15, 0.2) is 60.9 Å². The average Bonchev–Trinajstić information content (AvgIpc) is 2.63. The van der Waals surface area contributed by atoms with Crippen LogP contribution in [0.2, 0.25) is 0 Å². The second-order valence-electron chi connectivity index (χ2n) is 4.90. The fraction of sp³-hybridized carbons (Fsp3) is 0.0588. The topological polar surface area (TPSA) is 79.8 Å². The molecule has 2 heterocycles. The van der Waals surface area contributed by atoms with Crippen molar-refractivity contribution in [2.45, 2.75) is 6.54 Å². The van der Waals surface area contributed by atoms with Gasteiger partial charge in [-0.25, -0.2) is 14.4 Å². The number of nitrogens with zero attached hydrogens (tertiary/aromatic N) is 3. The van der Waals surface area contributed by atoms with E-state index in [9.17, 15) is 9.18 Å². The van der Waals surface area contributed by atoms with Crippen LogP contribution >= 0.6 is 0 Å². The first-order valence-electron chi connectivity index (χ1n) is 7.24. The Balaban J connectivity index is 1.65. The molecule has 3 rings (SSSR count). The Labute approximate surface area is 137 Å². The molecule has 7 heteroatoms. The van der Waals surface area contributed by atoms with Gasteiger partial charge in [0, 0.05) is 18.1 Å². The molecule has 0 aliphatic heterocycles. The summed E-state index contributed by atoms with van der Waals surface area (Å²) in [6, 6.07) is 12.8. The summed E-state index contributed by atoms with van der Waals surface area (Å²) in [4.78, 5) is 24.5. The standard InChI is InChI=1S/C17H14FN5O/c18-12-4-6-13(7-5-12)22-17-20-10-8-15(23-17)16(24)21-11-14-3-1-2-9-19-14/h1-10H,11H2,(H,21,24)(H,20,22,23). The van der Waals surface area contributed by atoms with E-state index in [4.69, 9.17) is 0 Å². The van der Waals surface area contributed by atoms with Crippen molar-refractivity contribution in [1.29, 1.82) is 0 Å². The molecule has 0 spiro atoms. The first-order chi connectivity index (χ1) is 11.7. The molecule has 24 heavy (non-hydrogen) atoms. The van der Waals surface area contributed by atoms with E-state index in [0.717, 1.165) is 5.69 Å². The smallest absolute Gasteiger partial charge is 0.270 e. The van der Waals surface area contributed by atoms with Crippen LogP contribution in [0.1, 0.15) is 16.2 Å². The maximum absolute atomic E-state index is 12.9. The van der Waals surface area contributed by atoms with Crippen molar-refractivity contribution in [3.63, 3.8) is 0 Å². The maximum Gasteiger partial charge on any atom is 0.270 e. The third-order valence-electron chi connectivity index (χ3n) is 3.14. The summed E-state index contributed by atoms with van der Waals surface area (Å²) in [5.74, 6) is -0.401. The number of halogens is 1. The Bertz CT molecular complexity index is 824. The van der Waals surface area contributed by atoms with E-state index in [0.29, 0.717) is 12.2 Å². The minimum Gasteiger partial charge on any atom is -0.345 e. The highest BCUT2D eigenvalue weighted by Crippen LogP contribution is 2.13. The number of rotatable bonds is 5. The number of pyridine rings is 1. The van der Waals surface area contributed by atoms with Crippen LogP contribution < -0.4 is 10.6 Å². The van der Waals surface area contributed by atoms with Crippen LogP contribution in [0.4, 0.5) is 16.0 Å². The summed E-state index contributed by atoms with van der Waals surface area (Å²) in [6.45, 7) is 0.310. The molecule has 0 unspecified atom stereocenters. The van der Waals surface area contributed by atoms with E-state index in [-0.39, 0.29) is 23.4 Å². The summed E-state index contributed by atoms with van der Waals surface area (Å²) in [7, 11) is 0. The zero-order valence-electron chi connectivity index (χ0n) is 12.6. The zero-order chi connectivity index (χ0) is 16.8. The van der Waals surface area contributed by atoms with Gasteiger partial charge in [-0.05, 0) is 42.5 Å². The van der Waals surface area contributed by atoms with Gasteiger partial charge in [0.25, 0.3) is 5.91 Å². The summed E-state index contributed by atoms with van der Waals surface area (Å²) in [5.41, 5.74) is 1.61. The first-order valence-corrected chi connectivity index (χ1v) is 7.24. The molecule has 2 aromatic heterocycles. The first kappa shape index (κ1) is 15.5. The molecule has 3 aromatic rings. The monoisotopic (exact) mass is 323 g/mol. The third kappa shape index (κ3) is 4.10. The fourth-order valence-corrected chi connectivity index (χ4v) is 1.97. The number of nitrogens with one attached hydrogen (secondary N) is 2. The summed E-state index contributed by atoms with van der Waals surface area (Å²) in [5, 5.41) is 5.66. The van der Waals surface area contributed by atoms with Gasteiger partial charge in [0.05, 0.1) is 12.2 Å². The van der Waals surface area contributed by atoms with E-state index < -0.39 is 0 Å². The molecule has 1 amide bonds. The van der Waals surface area contributed by atoms with E-state index in [1.165, 1.54) is 24.4 Å². The van der Waals surface area contributed by atoms with E-state index >= 15 is 0 Å². The predicted molar refractivity (Wildman–Crippen MR) is 87.1 cm³/mol. The Kier molecular flexibility index (Phi) is 4.71. The number of carbonyl (C=O) groups is 1. The molecule has 0 radical (unpaired) electrons. The lowest BCUT2D eigenvalue weighted by molar-refractivity contribution is 0.0945. The van der Waals surface area contributed by atoms with Gasteiger partial charge in [-0.15, -0.1) is 0 Å². The largest absolute Gasteiger partial charge is 0.345 e. The van der Waals surface area contributed by atoms with Crippen LogP contribution in [0.25, 0.3) is 0 Å². The molecule has 0 bridgehead atoms. The number of benzene rings is 1. The highest BCUT2D eigenvalue weighted by Gasteiger charge is 2.09. The van der Waals surface area contributed by atoms with Crippen molar-refractivity contribution >= 4 is 17.5 Å². The molecular weight excluding hydrogens is 309 g/mol. The summed E-state index contributed by atoms with van der Waals surface area (Å²) in [6.07, 6.45) is 3.14. The second kappa shape index (κ2) is 7.28. The zero-order valence-corrected chi connectivity index (χ0v) is 12.6. The highest BCUT2D eigenvalue weighted by atomic mass is 19.1. The van der Waals surface area contributed by atoms with Gasteiger partial charge < -0.3 is 10.6 Å². The third-order valence-corrected chi connectivity index (χ3v) is 3.14. The maximum atomic E-state index is 12.9. The van der Waals surface area contributed by atoms with Crippen LogP contribution in [0.3, 0.4) is 0 Å². The molecule has 1 aromatic carbocycles.